The van der Waals surface area contributed by atoms with Gasteiger partial charge in [0.1, 0.15) is 0 Å². The minimum absolute atomic E-state index is 0.290. The molecule has 0 aromatic carbocycles. The molecule has 1 aliphatic heterocycles. The Balaban J connectivity index is 2.86. The third-order valence-electron chi connectivity index (χ3n) is 3.85. The summed E-state index contributed by atoms with van der Waals surface area (Å²) in [5.74, 6) is -0.319. The molecule has 94 valence electrons. The van der Waals surface area contributed by atoms with Crippen LogP contribution in [0.3, 0.4) is 0 Å². The predicted octanol–water partition coefficient (Wildman–Crippen LogP) is 1.03. The zero-order valence-corrected chi connectivity index (χ0v) is 10.9. The summed E-state index contributed by atoms with van der Waals surface area (Å²) in [5, 5.41) is 10.6. The van der Waals surface area contributed by atoms with Crippen LogP contribution in [0.2, 0.25) is 0 Å². The Morgan fingerprint density at radius 2 is 2.19 bits per heavy atom. The molecule has 0 radical (unpaired) electrons. The summed E-state index contributed by atoms with van der Waals surface area (Å²) in [4.78, 5) is 13.9. The average molecular weight is 229 g/mol. The lowest BCUT2D eigenvalue weighted by Crippen LogP contribution is -2.51. The third-order valence-corrected chi connectivity index (χ3v) is 3.85. The molecular weight excluding hydrogens is 206 g/mol. The first kappa shape index (κ1) is 13.5. The van der Waals surface area contributed by atoms with Crippen molar-refractivity contribution in [1.82, 2.24) is 4.90 Å². The molecule has 1 N–H and O–H groups in total. The number of likely N-dealkylation sites (tertiary alicyclic amines) is 1. The van der Waals surface area contributed by atoms with Gasteiger partial charge in [-0.2, -0.15) is 0 Å². The van der Waals surface area contributed by atoms with Gasteiger partial charge >= 0.3 is 5.97 Å². The molecule has 0 bridgehead atoms. The molecule has 1 saturated heterocycles. The Hall–Kier alpha value is -0.610. The molecule has 2 unspecified atom stereocenters. The van der Waals surface area contributed by atoms with E-state index in [2.05, 4.69) is 11.8 Å². The molecule has 0 saturated carbocycles. The smallest absolute Gasteiger partial charge is 0.314 e. The van der Waals surface area contributed by atoms with E-state index in [1.165, 1.54) is 0 Å². The van der Waals surface area contributed by atoms with Gasteiger partial charge in [-0.15, -0.1) is 0 Å². The molecule has 0 aliphatic carbocycles. The fourth-order valence-corrected chi connectivity index (χ4v) is 2.23. The van der Waals surface area contributed by atoms with Gasteiger partial charge in [0, 0.05) is 12.6 Å². The van der Waals surface area contributed by atoms with E-state index in [1.807, 2.05) is 7.05 Å². The SMILES string of the molecule is CCOC(=O)C(C)(C)C1(O)CC(C)N(C)C1. The largest absolute Gasteiger partial charge is 0.465 e. The van der Waals surface area contributed by atoms with Gasteiger partial charge < -0.3 is 14.7 Å². The molecule has 0 aromatic rings. The number of carbonyl (C=O) groups excluding carboxylic acids is 1. The van der Waals surface area contributed by atoms with E-state index in [-0.39, 0.29) is 5.97 Å². The monoisotopic (exact) mass is 229 g/mol. The summed E-state index contributed by atoms with van der Waals surface area (Å²) >= 11 is 0. The highest BCUT2D eigenvalue weighted by Crippen LogP contribution is 2.41. The highest BCUT2D eigenvalue weighted by Gasteiger charge is 2.54. The van der Waals surface area contributed by atoms with Crippen molar-refractivity contribution in [1.29, 1.82) is 0 Å². The van der Waals surface area contributed by atoms with Crippen molar-refractivity contribution in [3.8, 4) is 0 Å². The van der Waals surface area contributed by atoms with Crippen molar-refractivity contribution in [2.45, 2.75) is 45.8 Å². The number of likely N-dealkylation sites (N-methyl/N-ethyl adjacent to an activating group) is 1. The summed E-state index contributed by atoms with van der Waals surface area (Å²) in [6.07, 6.45) is 0.606. The first-order valence-electron chi connectivity index (χ1n) is 5.84. The number of β-amino-alcohol motifs (C(OH)–C–C–N with tert-alkyl or cyclic N) is 1. The number of nitrogens with zero attached hydrogens (tertiary/aromatic N) is 1. The van der Waals surface area contributed by atoms with E-state index in [0.29, 0.717) is 25.6 Å². The molecular formula is C12H23NO3. The highest BCUT2D eigenvalue weighted by molar-refractivity contribution is 5.77. The van der Waals surface area contributed by atoms with Gasteiger partial charge in [-0.1, -0.05) is 0 Å². The maximum atomic E-state index is 11.9. The highest BCUT2D eigenvalue weighted by atomic mass is 16.5. The van der Waals surface area contributed by atoms with Crippen molar-refractivity contribution >= 4 is 5.97 Å². The molecule has 1 rings (SSSR count). The van der Waals surface area contributed by atoms with Gasteiger partial charge in [-0.25, -0.2) is 0 Å². The summed E-state index contributed by atoms with van der Waals surface area (Å²) in [6, 6.07) is 0.290. The van der Waals surface area contributed by atoms with Crippen molar-refractivity contribution in [2.24, 2.45) is 5.41 Å². The van der Waals surface area contributed by atoms with Gasteiger partial charge in [0.15, 0.2) is 0 Å². The second-order valence-corrected chi connectivity index (χ2v) is 5.35. The minimum Gasteiger partial charge on any atom is -0.465 e. The Kier molecular flexibility index (Phi) is 3.65. The maximum Gasteiger partial charge on any atom is 0.314 e. The van der Waals surface area contributed by atoms with Crippen LogP contribution in [0.25, 0.3) is 0 Å². The molecule has 2 atom stereocenters. The summed E-state index contributed by atoms with van der Waals surface area (Å²) in [5.41, 5.74) is -1.85. The van der Waals surface area contributed by atoms with Crippen LogP contribution in [0, 0.1) is 5.41 Å². The van der Waals surface area contributed by atoms with E-state index in [1.54, 1.807) is 20.8 Å². The van der Waals surface area contributed by atoms with Gasteiger partial charge in [0.05, 0.1) is 17.6 Å². The van der Waals surface area contributed by atoms with E-state index in [0.717, 1.165) is 0 Å². The van der Waals surface area contributed by atoms with Crippen molar-refractivity contribution < 1.29 is 14.6 Å². The zero-order chi connectivity index (χ0) is 12.6. The van der Waals surface area contributed by atoms with Crippen LogP contribution in [0.4, 0.5) is 0 Å². The van der Waals surface area contributed by atoms with Crippen LogP contribution in [0.5, 0.6) is 0 Å². The summed E-state index contributed by atoms with van der Waals surface area (Å²) in [6.45, 7) is 8.22. The van der Waals surface area contributed by atoms with Crippen molar-refractivity contribution in [3.05, 3.63) is 0 Å². The molecule has 1 heterocycles. The Labute approximate surface area is 97.6 Å². The zero-order valence-electron chi connectivity index (χ0n) is 10.9. The third kappa shape index (κ3) is 2.09. The van der Waals surface area contributed by atoms with Crippen LogP contribution < -0.4 is 0 Å². The molecule has 4 heteroatoms. The lowest BCUT2D eigenvalue weighted by atomic mass is 9.73. The lowest BCUT2D eigenvalue weighted by molar-refractivity contribution is -0.169. The first-order valence-corrected chi connectivity index (χ1v) is 5.84. The maximum absolute atomic E-state index is 11.9. The molecule has 0 aromatic heterocycles. The number of hydrogen-bond donors (Lipinski definition) is 1. The van der Waals surface area contributed by atoms with Crippen LogP contribution in [0.15, 0.2) is 0 Å². The van der Waals surface area contributed by atoms with Crippen LogP contribution >= 0.6 is 0 Å². The van der Waals surface area contributed by atoms with Crippen LogP contribution in [-0.2, 0) is 9.53 Å². The van der Waals surface area contributed by atoms with E-state index in [4.69, 9.17) is 4.74 Å². The Morgan fingerprint density at radius 3 is 2.56 bits per heavy atom. The van der Waals surface area contributed by atoms with Gasteiger partial charge in [0.2, 0.25) is 0 Å². The van der Waals surface area contributed by atoms with E-state index in [9.17, 15) is 9.90 Å². The van der Waals surface area contributed by atoms with E-state index < -0.39 is 11.0 Å². The number of ether oxygens (including phenoxy) is 1. The van der Waals surface area contributed by atoms with Crippen molar-refractivity contribution in [2.75, 3.05) is 20.2 Å². The molecule has 0 amide bonds. The normalized spacial score (nSPS) is 31.8. The lowest BCUT2D eigenvalue weighted by Gasteiger charge is -2.37. The number of esters is 1. The van der Waals surface area contributed by atoms with Crippen molar-refractivity contribution in [3.63, 3.8) is 0 Å². The van der Waals surface area contributed by atoms with E-state index >= 15 is 0 Å². The van der Waals surface area contributed by atoms with Gasteiger partial charge in [-0.05, 0) is 41.2 Å². The molecule has 4 nitrogen and oxygen atoms in total. The Morgan fingerprint density at radius 1 is 1.62 bits per heavy atom. The minimum atomic E-state index is -0.993. The van der Waals surface area contributed by atoms with Gasteiger partial charge in [-0.3, -0.25) is 4.79 Å². The number of hydrogen-bond acceptors (Lipinski definition) is 4. The fraction of sp³-hybridized carbons (Fsp3) is 0.917. The predicted molar refractivity (Wildman–Crippen MR) is 62.1 cm³/mol. The van der Waals surface area contributed by atoms with Crippen LogP contribution in [0.1, 0.15) is 34.1 Å². The van der Waals surface area contributed by atoms with Gasteiger partial charge in [0.25, 0.3) is 0 Å². The second-order valence-electron chi connectivity index (χ2n) is 5.35. The number of carbonyl (C=O) groups is 1. The second kappa shape index (κ2) is 4.34. The Bertz CT molecular complexity index is 265. The fourth-order valence-electron chi connectivity index (χ4n) is 2.23. The summed E-state index contributed by atoms with van der Waals surface area (Å²) < 4.78 is 5.04. The molecule has 1 aliphatic rings. The quantitative estimate of drug-likeness (QED) is 0.734. The molecule has 16 heavy (non-hydrogen) atoms. The standard InChI is InChI=1S/C12H23NO3/c1-6-16-10(14)11(3,4)12(15)7-9(2)13(5)8-12/h9,15H,6-8H2,1-5H3. The van der Waals surface area contributed by atoms with Crippen LogP contribution in [-0.4, -0.2) is 47.8 Å². The molecule has 0 spiro atoms. The average Bonchev–Trinajstić information content (AvgIpc) is 2.42. The summed E-state index contributed by atoms with van der Waals surface area (Å²) in [7, 11) is 1.96. The topological polar surface area (TPSA) is 49.8 Å². The number of aliphatic hydroxyl groups is 1. The number of rotatable bonds is 3. The molecule has 1 fully saturated rings. The first-order chi connectivity index (χ1) is 7.24.